The van der Waals surface area contributed by atoms with Gasteiger partial charge in [0.05, 0.1) is 7.11 Å². The second-order valence-electron chi connectivity index (χ2n) is 6.03. The summed E-state index contributed by atoms with van der Waals surface area (Å²) in [6, 6.07) is 6.45. The first kappa shape index (κ1) is 13.9. The van der Waals surface area contributed by atoms with E-state index in [1.165, 1.54) is 63.1 Å². The van der Waals surface area contributed by atoms with Gasteiger partial charge in [-0.05, 0) is 44.0 Å². The Morgan fingerprint density at radius 3 is 2.60 bits per heavy atom. The molecule has 2 aliphatic rings. The Balaban J connectivity index is 1.57. The van der Waals surface area contributed by atoms with Gasteiger partial charge in [-0.25, -0.2) is 0 Å². The van der Waals surface area contributed by atoms with Crippen molar-refractivity contribution in [2.45, 2.75) is 32.2 Å². The van der Waals surface area contributed by atoms with Crippen LogP contribution in [0.1, 0.15) is 30.4 Å². The highest BCUT2D eigenvalue weighted by Gasteiger charge is 2.20. The van der Waals surface area contributed by atoms with Crippen LogP contribution in [0.2, 0.25) is 0 Å². The Morgan fingerprint density at radius 1 is 1.00 bits per heavy atom. The molecule has 2 aliphatic heterocycles. The second kappa shape index (κ2) is 6.59. The number of likely N-dealkylation sites (tertiary alicyclic amines) is 1. The molecule has 0 amide bonds. The Morgan fingerprint density at radius 2 is 1.80 bits per heavy atom. The lowest BCUT2D eigenvalue weighted by atomic mass is 9.99. The van der Waals surface area contributed by atoms with Gasteiger partial charge < -0.3 is 9.64 Å². The van der Waals surface area contributed by atoms with Crippen molar-refractivity contribution in [2.24, 2.45) is 0 Å². The van der Waals surface area contributed by atoms with Crippen LogP contribution in [-0.2, 0) is 13.0 Å². The van der Waals surface area contributed by atoms with E-state index in [1.54, 1.807) is 7.11 Å². The normalized spacial score (nSPS) is 20.6. The van der Waals surface area contributed by atoms with Crippen molar-refractivity contribution in [3.8, 4) is 5.75 Å². The van der Waals surface area contributed by atoms with E-state index in [9.17, 15) is 0 Å². The molecule has 1 aromatic carbocycles. The molecule has 3 heteroatoms. The maximum absolute atomic E-state index is 5.52. The number of hydrogen-bond donors (Lipinski definition) is 0. The lowest BCUT2D eigenvalue weighted by molar-refractivity contribution is 0.172. The van der Waals surface area contributed by atoms with Gasteiger partial charge in [0.1, 0.15) is 5.75 Å². The number of rotatable bonds is 4. The quantitative estimate of drug-likeness (QED) is 0.839. The molecule has 0 saturated carbocycles. The zero-order valence-corrected chi connectivity index (χ0v) is 12.6. The standard InChI is InChI=1S/C17H26N2O/c1-20-17-7-5-6-15-8-11-19(14-16(15)17)13-12-18-9-3-2-4-10-18/h5-7H,2-4,8-14H2,1H3. The number of hydrogen-bond acceptors (Lipinski definition) is 3. The first-order valence-electron chi connectivity index (χ1n) is 7.96. The predicted molar refractivity (Wildman–Crippen MR) is 82.3 cm³/mol. The summed E-state index contributed by atoms with van der Waals surface area (Å²) < 4.78 is 5.52. The number of methoxy groups -OCH3 is 1. The van der Waals surface area contributed by atoms with Crippen molar-refractivity contribution in [3.63, 3.8) is 0 Å². The minimum atomic E-state index is 1.05. The van der Waals surface area contributed by atoms with Crippen LogP contribution in [0.15, 0.2) is 18.2 Å². The Labute approximate surface area is 122 Å². The van der Waals surface area contributed by atoms with Crippen molar-refractivity contribution in [3.05, 3.63) is 29.3 Å². The van der Waals surface area contributed by atoms with Gasteiger partial charge in [-0.2, -0.15) is 0 Å². The molecule has 1 fully saturated rings. The highest BCUT2D eigenvalue weighted by molar-refractivity contribution is 5.41. The first-order valence-corrected chi connectivity index (χ1v) is 7.96. The van der Waals surface area contributed by atoms with Crippen molar-refractivity contribution < 1.29 is 4.74 Å². The molecule has 0 aromatic heterocycles. The summed E-state index contributed by atoms with van der Waals surface area (Å²) in [5.41, 5.74) is 2.87. The van der Waals surface area contributed by atoms with Crippen LogP contribution >= 0.6 is 0 Å². The first-order chi connectivity index (χ1) is 9.86. The lowest BCUT2D eigenvalue weighted by Gasteiger charge is -2.33. The van der Waals surface area contributed by atoms with Gasteiger partial charge in [-0.3, -0.25) is 4.90 Å². The molecule has 1 aromatic rings. The molecule has 0 spiro atoms. The van der Waals surface area contributed by atoms with E-state index in [0.717, 1.165) is 18.7 Å². The van der Waals surface area contributed by atoms with E-state index in [4.69, 9.17) is 4.74 Å². The van der Waals surface area contributed by atoms with Crippen LogP contribution in [0.5, 0.6) is 5.75 Å². The fourth-order valence-electron chi connectivity index (χ4n) is 3.45. The second-order valence-corrected chi connectivity index (χ2v) is 6.03. The summed E-state index contributed by atoms with van der Waals surface area (Å²) in [7, 11) is 1.78. The van der Waals surface area contributed by atoms with Gasteiger partial charge in [0, 0.05) is 31.7 Å². The Bertz CT molecular complexity index is 426. The number of nitrogens with zero attached hydrogens (tertiary/aromatic N) is 2. The average Bonchev–Trinajstić information content (AvgIpc) is 2.53. The highest BCUT2D eigenvalue weighted by Crippen LogP contribution is 2.27. The van der Waals surface area contributed by atoms with E-state index in [1.807, 2.05) is 0 Å². The van der Waals surface area contributed by atoms with Gasteiger partial charge in [0.2, 0.25) is 0 Å². The van der Waals surface area contributed by atoms with Gasteiger partial charge >= 0.3 is 0 Å². The fourth-order valence-corrected chi connectivity index (χ4v) is 3.45. The molecule has 1 saturated heterocycles. The zero-order chi connectivity index (χ0) is 13.8. The zero-order valence-electron chi connectivity index (χ0n) is 12.6. The van der Waals surface area contributed by atoms with Gasteiger partial charge in [-0.15, -0.1) is 0 Å². The predicted octanol–water partition coefficient (Wildman–Crippen LogP) is 2.54. The minimum absolute atomic E-state index is 1.05. The van der Waals surface area contributed by atoms with E-state index in [0.29, 0.717) is 0 Å². The summed E-state index contributed by atoms with van der Waals surface area (Å²) in [6.07, 6.45) is 5.35. The van der Waals surface area contributed by atoms with Crippen LogP contribution < -0.4 is 4.74 Å². The molecule has 0 N–H and O–H groups in total. The van der Waals surface area contributed by atoms with Crippen LogP contribution in [0, 0.1) is 0 Å². The number of fused-ring (bicyclic) bond motifs is 1. The largest absolute Gasteiger partial charge is 0.496 e. The van der Waals surface area contributed by atoms with Gasteiger partial charge in [0.25, 0.3) is 0 Å². The maximum atomic E-state index is 5.52. The SMILES string of the molecule is COc1cccc2c1CN(CCN1CCCCC1)CC2. The third-order valence-corrected chi connectivity index (χ3v) is 4.71. The molecule has 3 nitrogen and oxygen atoms in total. The van der Waals surface area contributed by atoms with Gasteiger partial charge in [0.15, 0.2) is 0 Å². The molecule has 20 heavy (non-hydrogen) atoms. The van der Waals surface area contributed by atoms with Crippen LogP contribution in [0.25, 0.3) is 0 Å². The topological polar surface area (TPSA) is 15.7 Å². The van der Waals surface area contributed by atoms with Crippen LogP contribution in [-0.4, -0.2) is 49.6 Å². The molecular weight excluding hydrogens is 248 g/mol. The van der Waals surface area contributed by atoms with Crippen LogP contribution in [0.4, 0.5) is 0 Å². The lowest BCUT2D eigenvalue weighted by Crippen LogP contribution is -2.39. The Hall–Kier alpha value is -1.06. The molecule has 0 bridgehead atoms. The van der Waals surface area contributed by atoms with Crippen molar-refractivity contribution >= 4 is 0 Å². The highest BCUT2D eigenvalue weighted by atomic mass is 16.5. The van der Waals surface area contributed by atoms with E-state index >= 15 is 0 Å². The molecule has 110 valence electrons. The smallest absolute Gasteiger partial charge is 0.123 e. The Kier molecular flexibility index (Phi) is 4.58. The van der Waals surface area contributed by atoms with Gasteiger partial charge in [-0.1, -0.05) is 18.6 Å². The number of ether oxygens (including phenoxy) is 1. The number of piperidine rings is 1. The maximum Gasteiger partial charge on any atom is 0.123 e. The van der Waals surface area contributed by atoms with Crippen molar-refractivity contribution in [2.75, 3.05) is 39.8 Å². The van der Waals surface area contributed by atoms with Crippen molar-refractivity contribution in [1.82, 2.24) is 9.80 Å². The number of benzene rings is 1. The third-order valence-electron chi connectivity index (χ3n) is 4.71. The molecule has 0 atom stereocenters. The summed E-state index contributed by atoms with van der Waals surface area (Å²) in [5, 5.41) is 0. The van der Waals surface area contributed by atoms with Crippen molar-refractivity contribution in [1.29, 1.82) is 0 Å². The molecule has 0 aliphatic carbocycles. The van der Waals surface area contributed by atoms with E-state index in [-0.39, 0.29) is 0 Å². The summed E-state index contributed by atoms with van der Waals surface area (Å²) >= 11 is 0. The molecular formula is C17H26N2O. The minimum Gasteiger partial charge on any atom is -0.496 e. The summed E-state index contributed by atoms with van der Waals surface area (Å²) in [6.45, 7) is 7.25. The molecule has 0 radical (unpaired) electrons. The molecule has 2 heterocycles. The molecule has 3 rings (SSSR count). The summed E-state index contributed by atoms with van der Waals surface area (Å²) in [4.78, 5) is 5.21. The van der Waals surface area contributed by atoms with Crippen LogP contribution in [0.3, 0.4) is 0 Å². The average molecular weight is 274 g/mol. The summed E-state index contributed by atoms with van der Waals surface area (Å²) in [5.74, 6) is 1.06. The monoisotopic (exact) mass is 274 g/mol. The third kappa shape index (κ3) is 3.15. The van der Waals surface area contributed by atoms with E-state index in [2.05, 4.69) is 28.0 Å². The van der Waals surface area contributed by atoms with E-state index < -0.39 is 0 Å². The fraction of sp³-hybridized carbons (Fsp3) is 0.647. The molecule has 0 unspecified atom stereocenters.